The molecule has 0 aromatic carbocycles. The van der Waals surface area contributed by atoms with Gasteiger partial charge in [-0.1, -0.05) is 11.6 Å². The fraction of sp³-hybridized carbons (Fsp3) is 0.100. The third kappa shape index (κ3) is 2.72. The maximum absolute atomic E-state index is 11.8. The third-order valence-electron chi connectivity index (χ3n) is 1.92. The van der Waals surface area contributed by atoms with E-state index in [1.165, 1.54) is 23.5 Å². The molecule has 88 valence electrons. The molecule has 2 aromatic heterocycles. The summed E-state index contributed by atoms with van der Waals surface area (Å²) in [6, 6.07) is 3.07. The molecule has 7 heteroatoms. The number of thiazole rings is 1. The summed E-state index contributed by atoms with van der Waals surface area (Å²) in [5, 5.41) is 3.37. The molecule has 1 amide bonds. The van der Waals surface area contributed by atoms with Crippen LogP contribution >= 0.6 is 22.9 Å². The molecular formula is C10H9ClN4OS. The number of rotatable bonds is 2. The van der Waals surface area contributed by atoms with Crippen molar-refractivity contribution in [1.29, 1.82) is 0 Å². The smallest absolute Gasteiger partial charge is 0.277 e. The molecule has 0 bridgehead atoms. The van der Waals surface area contributed by atoms with Crippen LogP contribution in [0.3, 0.4) is 0 Å². The van der Waals surface area contributed by atoms with Crippen molar-refractivity contribution < 1.29 is 4.79 Å². The van der Waals surface area contributed by atoms with E-state index in [9.17, 15) is 4.79 Å². The Kier molecular flexibility index (Phi) is 3.26. The van der Waals surface area contributed by atoms with Crippen molar-refractivity contribution in [3.63, 3.8) is 0 Å². The number of aromatic nitrogens is 2. The van der Waals surface area contributed by atoms with Crippen LogP contribution in [0, 0.1) is 6.92 Å². The molecule has 0 spiro atoms. The number of halogens is 1. The van der Waals surface area contributed by atoms with Crippen molar-refractivity contribution in [2.75, 3.05) is 11.1 Å². The summed E-state index contributed by atoms with van der Waals surface area (Å²) in [5.74, 6) is -0.175. The summed E-state index contributed by atoms with van der Waals surface area (Å²) in [7, 11) is 0. The van der Waals surface area contributed by atoms with Crippen molar-refractivity contribution in [1.82, 2.24) is 9.97 Å². The van der Waals surface area contributed by atoms with E-state index in [0.29, 0.717) is 5.13 Å². The summed E-state index contributed by atoms with van der Waals surface area (Å²) in [5.41, 5.74) is 5.60. The van der Waals surface area contributed by atoms with Gasteiger partial charge >= 0.3 is 0 Å². The minimum Gasteiger partial charge on any atom is -0.384 e. The highest BCUT2D eigenvalue weighted by molar-refractivity contribution is 7.15. The summed E-state index contributed by atoms with van der Waals surface area (Å²) in [6.07, 6.45) is 1.68. The van der Waals surface area contributed by atoms with E-state index in [1.54, 1.807) is 6.20 Å². The number of aryl methyl sites for hydroxylation is 1. The minimum absolute atomic E-state index is 0.0968. The lowest BCUT2D eigenvalue weighted by molar-refractivity contribution is 0.102. The molecule has 5 nitrogen and oxygen atoms in total. The number of nitrogens with zero attached hydrogens (tertiary/aromatic N) is 2. The first-order valence-electron chi connectivity index (χ1n) is 4.72. The van der Waals surface area contributed by atoms with Gasteiger partial charge in [0, 0.05) is 11.1 Å². The van der Waals surface area contributed by atoms with E-state index in [2.05, 4.69) is 15.3 Å². The first-order chi connectivity index (χ1) is 8.06. The van der Waals surface area contributed by atoms with Crippen molar-refractivity contribution in [2.24, 2.45) is 0 Å². The zero-order valence-corrected chi connectivity index (χ0v) is 10.5. The fourth-order valence-electron chi connectivity index (χ4n) is 1.19. The van der Waals surface area contributed by atoms with Gasteiger partial charge in [0.25, 0.3) is 5.91 Å². The highest BCUT2D eigenvalue weighted by Gasteiger charge is 2.14. The van der Waals surface area contributed by atoms with Crippen LogP contribution in [0.5, 0.6) is 0 Å². The molecule has 17 heavy (non-hydrogen) atoms. The van der Waals surface area contributed by atoms with Gasteiger partial charge in [-0.05, 0) is 19.1 Å². The SMILES string of the molecule is Cc1cnc(NC(=O)c2nc(N)ccc2Cl)s1. The number of pyridine rings is 1. The van der Waals surface area contributed by atoms with E-state index in [-0.39, 0.29) is 16.5 Å². The monoisotopic (exact) mass is 268 g/mol. The number of hydrogen-bond donors (Lipinski definition) is 2. The Balaban J connectivity index is 2.22. The zero-order valence-electron chi connectivity index (χ0n) is 8.90. The van der Waals surface area contributed by atoms with Crippen molar-refractivity contribution >= 4 is 39.8 Å². The molecule has 0 saturated carbocycles. The number of nitrogens with one attached hydrogen (secondary N) is 1. The van der Waals surface area contributed by atoms with Crippen molar-refractivity contribution in [2.45, 2.75) is 6.92 Å². The van der Waals surface area contributed by atoms with Crippen LogP contribution in [0.15, 0.2) is 18.3 Å². The maximum atomic E-state index is 11.8. The predicted octanol–water partition coefficient (Wildman–Crippen LogP) is 2.33. The van der Waals surface area contributed by atoms with Gasteiger partial charge in [-0.3, -0.25) is 10.1 Å². The lowest BCUT2D eigenvalue weighted by Gasteiger charge is -2.03. The van der Waals surface area contributed by atoms with Gasteiger partial charge in [-0.2, -0.15) is 0 Å². The summed E-state index contributed by atoms with van der Waals surface area (Å²) >= 11 is 7.24. The Bertz CT molecular complexity index is 569. The molecule has 0 fully saturated rings. The van der Waals surface area contributed by atoms with E-state index in [4.69, 9.17) is 17.3 Å². The second kappa shape index (κ2) is 4.68. The molecule has 0 atom stereocenters. The summed E-state index contributed by atoms with van der Waals surface area (Å²) < 4.78 is 0. The lowest BCUT2D eigenvalue weighted by atomic mass is 10.3. The Morgan fingerprint density at radius 3 is 2.94 bits per heavy atom. The van der Waals surface area contributed by atoms with Crippen LogP contribution < -0.4 is 11.1 Å². The van der Waals surface area contributed by atoms with Gasteiger partial charge in [0.15, 0.2) is 5.13 Å². The lowest BCUT2D eigenvalue weighted by Crippen LogP contribution is -2.14. The molecule has 2 heterocycles. The second-order valence-electron chi connectivity index (χ2n) is 3.30. The normalized spacial score (nSPS) is 10.2. The van der Waals surface area contributed by atoms with Gasteiger partial charge in [0.05, 0.1) is 5.02 Å². The average molecular weight is 269 g/mol. The fourth-order valence-corrected chi connectivity index (χ4v) is 2.04. The number of anilines is 2. The van der Waals surface area contributed by atoms with Crippen LogP contribution in [0.25, 0.3) is 0 Å². The van der Waals surface area contributed by atoms with E-state index in [0.717, 1.165) is 4.88 Å². The number of hydrogen-bond acceptors (Lipinski definition) is 5. The molecule has 2 rings (SSSR count). The van der Waals surface area contributed by atoms with Crippen LogP contribution in [0.1, 0.15) is 15.4 Å². The summed E-state index contributed by atoms with van der Waals surface area (Å²) in [4.78, 5) is 20.8. The standard InChI is InChI=1S/C10H9ClN4OS/c1-5-4-13-10(17-5)15-9(16)8-6(11)2-3-7(12)14-8/h2-4H,1H3,(H2,12,14)(H,13,15,16). The molecule has 0 aliphatic heterocycles. The van der Waals surface area contributed by atoms with Crippen molar-refractivity contribution in [3.8, 4) is 0 Å². The average Bonchev–Trinajstić information content (AvgIpc) is 2.67. The van der Waals surface area contributed by atoms with E-state index >= 15 is 0 Å². The van der Waals surface area contributed by atoms with Gasteiger partial charge in [-0.15, -0.1) is 11.3 Å². The molecule has 3 N–H and O–H groups in total. The number of nitrogen functional groups attached to an aromatic ring is 1. The Morgan fingerprint density at radius 2 is 2.29 bits per heavy atom. The summed E-state index contributed by atoms with van der Waals surface area (Å²) in [6.45, 7) is 1.90. The number of nitrogens with two attached hydrogens (primary N) is 1. The molecule has 0 aliphatic carbocycles. The van der Waals surface area contributed by atoms with Crippen LogP contribution in [0.2, 0.25) is 5.02 Å². The zero-order chi connectivity index (χ0) is 12.4. The largest absolute Gasteiger partial charge is 0.384 e. The van der Waals surface area contributed by atoms with Crippen molar-refractivity contribution in [3.05, 3.63) is 33.9 Å². The topological polar surface area (TPSA) is 80.9 Å². The van der Waals surface area contributed by atoms with Gasteiger partial charge < -0.3 is 5.73 Å². The molecule has 2 aromatic rings. The highest BCUT2D eigenvalue weighted by atomic mass is 35.5. The van der Waals surface area contributed by atoms with E-state index in [1.807, 2.05) is 6.92 Å². The molecule has 0 radical (unpaired) electrons. The molecule has 0 saturated heterocycles. The quantitative estimate of drug-likeness (QED) is 0.876. The number of amides is 1. The Hall–Kier alpha value is -1.66. The van der Waals surface area contributed by atoms with Gasteiger partial charge in [-0.25, -0.2) is 9.97 Å². The Labute approximate surface area is 107 Å². The van der Waals surface area contributed by atoms with Crippen LogP contribution in [-0.2, 0) is 0 Å². The maximum Gasteiger partial charge on any atom is 0.277 e. The van der Waals surface area contributed by atoms with Gasteiger partial charge in [0.1, 0.15) is 11.5 Å². The molecule has 0 aliphatic rings. The molecular weight excluding hydrogens is 260 g/mol. The molecule has 0 unspecified atom stereocenters. The second-order valence-corrected chi connectivity index (χ2v) is 4.94. The minimum atomic E-state index is -0.420. The Morgan fingerprint density at radius 1 is 1.53 bits per heavy atom. The highest BCUT2D eigenvalue weighted by Crippen LogP contribution is 2.20. The predicted molar refractivity (Wildman–Crippen MR) is 68.5 cm³/mol. The van der Waals surface area contributed by atoms with Gasteiger partial charge in [0.2, 0.25) is 0 Å². The van der Waals surface area contributed by atoms with Crippen LogP contribution in [0.4, 0.5) is 10.9 Å². The first kappa shape index (κ1) is 11.8. The number of carbonyl (C=O) groups is 1. The van der Waals surface area contributed by atoms with E-state index < -0.39 is 5.91 Å². The van der Waals surface area contributed by atoms with Crippen LogP contribution in [-0.4, -0.2) is 15.9 Å². The number of carbonyl (C=O) groups excluding carboxylic acids is 1. The first-order valence-corrected chi connectivity index (χ1v) is 5.91. The third-order valence-corrected chi connectivity index (χ3v) is 3.06.